The van der Waals surface area contributed by atoms with E-state index in [0.717, 1.165) is 13.2 Å². The molecular formula is C15H31NO. The molecule has 1 saturated carbocycles. The number of nitrogens with one attached hydrogen (secondary N) is 1. The first-order valence-electron chi connectivity index (χ1n) is 7.37. The van der Waals surface area contributed by atoms with Gasteiger partial charge in [-0.05, 0) is 31.7 Å². The Kier molecular flexibility index (Phi) is 5.94. The molecule has 1 N–H and O–H groups in total. The molecule has 1 fully saturated rings. The van der Waals surface area contributed by atoms with Crippen LogP contribution in [0.2, 0.25) is 0 Å². The van der Waals surface area contributed by atoms with E-state index < -0.39 is 0 Å². The van der Waals surface area contributed by atoms with Crippen molar-refractivity contribution in [3.05, 3.63) is 0 Å². The van der Waals surface area contributed by atoms with E-state index in [0.29, 0.717) is 23.5 Å². The van der Waals surface area contributed by atoms with E-state index in [2.05, 4.69) is 39.9 Å². The summed E-state index contributed by atoms with van der Waals surface area (Å²) in [7, 11) is 0. The third-order valence-electron chi connectivity index (χ3n) is 4.18. The van der Waals surface area contributed by atoms with Crippen LogP contribution in [0, 0.1) is 11.3 Å². The highest BCUT2D eigenvalue weighted by molar-refractivity contribution is 5.02. The fraction of sp³-hybridized carbons (Fsp3) is 1.00. The summed E-state index contributed by atoms with van der Waals surface area (Å²) in [5.41, 5.74) is 0.307. The fourth-order valence-corrected chi connectivity index (χ4v) is 2.69. The SMILES string of the molecule is CCCNC1CC(OCC(C)CCC)C1(C)C. The largest absolute Gasteiger partial charge is 0.377 e. The minimum Gasteiger partial charge on any atom is -0.377 e. The molecule has 0 heterocycles. The quantitative estimate of drug-likeness (QED) is 0.701. The fourth-order valence-electron chi connectivity index (χ4n) is 2.69. The van der Waals surface area contributed by atoms with Gasteiger partial charge in [-0.1, -0.05) is 41.0 Å². The van der Waals surface area contributed by atoms with E-state index in [1.807, 2.05) is 0 Å². The number of hydrogen-bond acceptors (Lipinski definition) is 2. The highest BCUT2D eigenvalue weighted by Crippen LogP contribution is 2.42. The third kappa shape index (κ3) is 3.96. The van der Waals surface area contributed by atoms with Crippen LogP contribution in [-0.4, -0.2) is 25.3 Å². The van der Waals surface area contributed by atoms with Crippen LogP contribution in [-0.2, 0) is 4.74 Å². The van der Waals surface area contributed by atoms with Crippen molar-refractivity contribution in [2.24, 2.45) is 11.3 Å². The average Bonchev–Trinajstić information content (AvgIpc) is 2.27. The lowest BCUT2D eigenvalue weighted by atomic mass is 9.64. The lowest BCUT2D eigenvalue weighted by molar-refractivity contribution is -0.125. The molecule has 0 aromatic carbocycles. The van der Waals surface area contributed by atoms with Crippen LogP contribution >= 0.6 is 0 Å². The topological polar surface area (TPSA) is 21.3 Å². The van der Waals surface area contributed by atoms with Gasteiger partial charge in [0.2, 0.25) is 0 Å². The molecule has 0 bridgehead atoms. The van der Waals surface area contributed by atoms with Crippen LogP contribution in [0.3, 0.4) is 0 Å². The molecule has 3 atom stereocenters. The molecule has 1 aliphatic rings. The molecule has 1 rings (SSSR count). The van der Waals surface area contributed by atoms with Crippen molar-refractivity contribution in [1.29, 1.82) is 0 Å². The molecular weight excluding hydrogens is 210 g/mol. The molecule has 3 unspecified atom stereocenters. The summed E-state index contributed by atoms with van der Waals surface area (Å²) in [6.07, 6.45) is 5.40. The van der Waals surface area contributed by atoms with Crippen molar-refractivity contribution in [3.8, 4) is 0 Å². The van der Waals surface area contributed by atoms with Crippen LogP contribution < -0.4 is 5.32 Å². The van der Waals surface area contributed by atoms with Gasteiger partial charge in [0.1, 0.15) is 0 Å². The maximum atomic E-state index is 6.08. The van der Waals surface area contributed by atoms with Gasteiger partial charge in [-0.25, -0.2) is 0 Å². The van der Waals surface area contributed by atoms with Crippen molar-refractivity contribution in [3.63, 3.8) is 0 Å². The molecule has 0 radical (unpaired) electrons. The zero-order valence-corrected chi connectivity index (χ0v) is 12.4. The van der Waals surface area contributed by atoms with Crippen molar-refractivity contribution in [2.45, 2.75) is 72.4 Å². The molecule has 0 aliphatic heterocycles. The summed E-state index contributed by atoms with van der Waals surface area (Å²) < 4.78 is 6.08. The van der Waals surface area contributed by atoms with E-state index in [1.165, 1.54) is 25.7 Å². The van der Waals surface area contributed by atoms with Gasteiger partial charge in [0, 0.05) is 18.1 Å². The highest BCUT2D eigenvalue weighted by atomic mass is 16.5. The maximum Gasteiger partial charge on any atom is 0.0656 e. The number of rotatable bonds is 8. The van der Waals surface area contributed by atoms with Crippen LogP contribution in [0.15, 0.2) is 0 Å². The molecule has 2 heteroatoms. The van der Waals surface area contributed by atoms with Crippen LogP contribution in [0.5, 0.6) is 0 Å². The molecule has 0 aromatic heterocycles. The Morgan fingerprint density at radius 1 is 1.29 bits per heavy atom. The minimum atomic E-state index is 0.307. The summed E-state index contributed by atoms with van der Waals surface area (Å²) in [5.74, 6) is 0.707. The van der Waals surface area contributed by atoms with E-state index in [-0.39, 0.29) is 0 Å². The van der Waals surface area contributed by atoms with Crippen LogP contribution in [0.4, 0.5) is 0 Å². The molecule has 0 amide bonds. The Balaban J connectivity index is 2.24. The minimum absolute atomic E-state index is 0.307. The molecule has 102 valence electrons. The van der Waals surface area contributed by atoms with Crippen LogP contribution in [0.1, 0.15) is 60.3 Å². The first-order chi connectivity index (χ1) is 8.02. The molecule has 0 spiro atoms. The molecule has 17 heavy (non-hydrogen) atoms. The monoisotopic (exact) mass is 241 g/mol. The Labute approximate surface area is 108 Å². The van der Waals surface area contributed by atoms with Gasteiger partial charge >= 0.3 is 0 Å². The first kappa shape index (κ1) is 15.0. The highest BCUT2D eigenvalue weighted by Gasteiger charge is 2.48. The Bertz CT molecular complexity index is 215. The summed E-state index contributed by atoms with van der Waals surface area (Å²) in [6.45, 7) is 13.5. The summed E-state index contributed by atoms with van der Waals surface area (Å²) in [6, 6.07) is 0.647. The summed E-state index contributed by atoms with van der Waals surface area (Å²) in [5, 5.41) is 3.62. The first-order valence-corrected chi connectivity index (χ1v) is 7.37. The zero-order chi connectivity index (χ0) is 12.9. The van der Waals surface area contributed by atoms with Gasteiger partial charge in [0.05, 0.1) is 6.10 Å². The lowest BCUT2D eigenvalue weighted by Crippen LogP contribution is -2.61. The Morgan fingerprint density at radius 3 is 2.53 bits per heavy atom. The molecule has 0 saturated heterocycles. The van der Waals surface area contributed by atoms with Crippen molar-refractivity contribution >= 4 is 0 Å². The number of hydrogen-bond donors (Lipinski definition) is 1. The van der Waals surface area contributed by atoms with Crippen LogP contribution in [0.25, 0.3) is 0 Å². The van der Waals surface area contributed by atoms with E-state index in [4.69, 9.17) is 4.74 Å². The smallest absolute Gasteiger partial charge is 0.0656 e. The number of ether oxygens (including phenoxy) is 1. The summed E-state index contributed by atoms with van der Waals surface area (Å²) in [4.78, 5) is 0. The second kappa shape index (κ2) is 6.75. The normalized spacial score (nSPS) is 28.8. The van der Waals surface area contributed by atoms with E-state index in [9.17, 15) is 0 Å². The second-order valence-electron chi connectivity index (χ2n) is 6.28. The Hall–Kier alpha value is -0.0800. The maximum absolute atomic E-state index is 6.08. The lowest BCUT2D eigenvalue weighted by Gasteiger charge is -2.52. The van der Waals surface area contributed by atoms with Gasteiger partial charge in [-0.15, -0.1) is 0 Å². The molecule has 1 aliphatic carbocycles. The van der Waals surface area contributed by atoms with E-state index >= 15 is 0 Å². The zero-order valence-electron chi connectivity index (χ0n) is 12.4. The van der Waals surface area contributed by atoms with Gasteiger partial charge in [-0.3, -0.25) is 0 Å². The van der Waals surface area contributed by atoms with E-state index in [1.54, 1.807) is 0 Å². The third-order valence-corrected chi connectivity index (χ3v) is 4.18. The standard InChI is InChI=1S/C15H31NO/c1-6-8-12(3)11-17-14-10-13(15(14,4)5)16-9-7-2/h12-14,16H,6-11H2,1-5H3. The van der Waals surface area contributed by atoms with Gasteiger partial charge in [0.15, 0.2) is 0 Å². The van der Waals surface area contributed by atoms with Crippen molar-refractivity contribution < 1.29 is 4.74 Å². The Morgan fingerprint density at radius 2 is 2.00 bits per heavy atom. The molecule has 0 aromatic rings. The van der Waals surface area contributed by atoms with Crippen molar-refractivity contribution in [1.82, 2.24) is 5.32 Å². The average molecular weight is 241 g/mol. The predicted octanol–water partition coefficient (Wildman–Crippen LogP) is 3.61. The van der Waals surface area contributed by atoms with Gasteiger partial charge < -0.3 is 10.1 Å². The second-order valence-corrected chi connectivity index (χ2v) is 6.28. The predicted molar refractivity (Wildman–Crippen MR) is 74.3 cm³/mol. The van der Waals surface area contributed by atoms with Gasteiger partial charge in [0.25, 0.3) is 0 Å². The summed E-state index contributed by atoms with van der Waals surface area (Å²) >= 11 is 0. The van der Waals surface area contributed by atoms with Crippen molar-refractivity contribution in [2.75, 3.05) is 13.2 Å². The molecule has 2 nitrogen and oxygen atoms in total. The van der Waals surface area contributed by atoms with Gasteiger partial charge in [-0.2, -0.15) is 0 Å².